The highest BCUT2D eigenvalue weighted by atomic mass is 16.5. The normalized spacial score (nSPS) is 11.9. The van der Waals surface area contributed by atoms with Crippen LogP contribution in [0.1, 0.15) is 33.9 Å². The molecule has 2 aromatic carbocycles. The average Bonchev–Trinajstić information content (AvgIpc) is 2.56. The molecule has 0 aliphatic heterocycles. The summed E-state index contributed by atoms with van der Waals surface area (Å²) < 4.78 is 5.05. The van der Waals surface area contributed by atoms with Gasteiger partial charge in [0.25, 0.3) is 5.91 Å². The van der Waals surface area contributed by atoms with Gasteiger partial charge in [0.1, 0.15) is 0 Å². The Morgan fingerprint density at radius 2 is 1.82 bits per heavy atom. The van der Waals surface area contributed by atoms with Crippen molar-refractivity contribution in [1.82, 2.24) is 5.32 Å². The predicted octanol–water partition coefficient (Wildman–Crippen LogP) is 2.69. The number of hydrogen-bond donors (Lipinski definition) is 2. The van der Waals surface area contributed by atoms with E-state index in [1.807, 2.05) is 42.5 Å². The number of amides is 1. The molecule has 0 saturated carbocycles. The Hall–Kier alpha value is -2.17. The predicted molar refractivity (Wildman–Crippen MR) is 85.5 cm³/mol. The molecule has 0 bridgehead atoms. The average molecular weight is 299 g/mol. The monoisotopic (exact) mass is 299 g/mol. The van der Waals surface area contributed by atoms with Crippen LogP contribution in [-0.2, 0) is 11.3 Å². The van der Waals surface area contributed by atoms with E-state index in [9.17, 15) is 9.90 Å². The second-order valence-electron chi connectivity index (χ2n) is 5.08. The molecular formula is C18H21NO3. The van der Waals surface area contributed by atoms with Gasteiger partial charge in [-0.3, -0.25) is 4.79 Å². The first-order chi connectivity index (χ1) is 10.7. The lowest BCUT2D eigenvalue weighted by molar-refractivity contribution is 0.0930. The zero-order chi connectivity index (χ0) is 15.8. The Kier molecular flexibility index (Phi) is 6.13. The highest BCUT2D eigenvalue weighted by molar-refractivity contribution is 5.94. The molecule has 1 atom stereocenters. The number of hydrogen-bond acceptors (Lipinski definition) is 3. The van der Waals surface area contributed by atoms with Gasteiger partial charge in [0.05, 0.1) is 12.6 Å². The van der Waals surface area contributed by atoms with Crippen LogP contribution in [0, 0.1) is 0 Å². The minimum atomic E-state index is -0.197. The number of methoxy groups -OCH3 is 1. The SMILES string of the molecule is COCc1ccc(C(=O)NC(CCO)c2ccccc2)cc1. The molecule has 1 amide bonds. The molecule has 0 radical (unpaired) electrons. The van der Waals surface area contributed by atoms with Crippen LogP contribution < -0.4 is 5.32 Å². The number of nitrogens with one attached hydrogen (secondary N) is 1. The molecule has 116 valence electrons. The van der Waals surface area contributed by atoms with E-state index in [1.54, 1.807) is 19.2 Å². The second-order valence-corrected chi connectivity index (χ2v) is 5.08. The lowest BCUT2D eigenvalue weighted by Crippen LogP contribution is -2.29. The molecule has 0 aliphatic carbocycles. The van der Waals surface area contributed by atoms with Crippen LogP contribution in [-0.4, -0.2) is 24.7 Å². The third-order valence-electron chi connectivity index (χ3n) is 3.45. The van der Waals surface area contributed by atoms with Crippen LogP contribution >= 0.6 is 0 Å². The third kappa shape index (κ3) is 4.41. The molecule has 0 fully saturated rings. The standard InChI is InChI=1S/C18H21NO3/c1-22-13-14-7-9-16(10-8-14)18(21)19-17(11-12-20)15-5-3-2-4-6-15/h2-10,17,20H,11-13H2,1H3,(H,19,21). The molecule has 0 heterocycles. The van der Waals surface area contributed by atoms with Crippen LogP contribution in [0.2, 0.25) is 0 Å². The van der Waals surface area contributed by atoms with Crippen molar-refractivity contribution in [3.63, 3.8) is 0 Å². The number of aliphatic hydroxyl groups excluding tert-OH is 1. The fraction of sp³-hybridized carbons (Fsp3) is 0.278. The van der Waals surface area contributed by atoms with Gasteiger partial charge in [-0.1, -0.05) is 42.5 Å². The number of benzene rings is 2. The maximum atomic E-state index is 12.3. The van der Waals surface area contributed by atoms with E-state index in [0.29, 0.717) is 18.6 Å². The maximum Gasteiger partial charge on any atom is 0.251 e. The van der Waals surface area contributed by atoms with E-state index in [2.05, 4.69) is 5.32 Å². The molecule has 4 nitrogen and oxygen atoms in total. The van der Waals surface area contributed by atoms with E-state index in [0.717, 1.165) is 11.1 Å². The quantitative estimate of drug-likeness (QED) is 0.826. The first-order valence-electron chi connectivity index (χ1n) is 7.29. The van der Waals surface area contributed by atoms with Gasteiger partial charge in [-0.2, -0.15) is 0 Å². The highest BCUT2D eigenvalue weighted by Crippen LogP contribution is 2.17. The topological polar surface area (TPSA) is 58.6 Å². The summed E-state index contributed by atoms with van der Waals surface area (Å²) >= 11 is 0. The fourth-order valence-corrected chi connectivity index (χ4v) is 2.30. The Bertz CT molecular complexity index is 581. The molecule has 2 rings (SSSR count). The van der Waals surface area contributed by atoms with Gasteiger partial charge in [0.15, 0.2) is 0 Å². The summed E-state index contributed by atoms with van der Waals surface area (Å²) in [6.07, 6.45) is 0.484. The van der Waals surface area contributed by atoms with Crippen molar-refractivity contribution in [3.05, 3.63) is 71.3 Å². The Labute approximate surface area is 130 Å². The summed E-state index contributed by atoms with van der Waals surface area (Å²) in [7, 11) is 1.64. The molecule has 22 heavy (non-hydrogen) atoms. The maximum absolute atomic E-state index is 12.3. The van der Waals surface area contributed by atoms with Crippen molar-refractivity contribution in [1.29, 1.82) is 0 Å². The zero-order valence-electron chi connectivity index (χ0n) is 12.7. The van der Waals surface area contributed by atoms with Crippen molar-refractivity contribution in [2.24, 2.45) is 0 Å². The van der Waals surface area contributed by atoms with Crippen LogP contribution in [0.5, 0.6) is 0 Å². The van der Waals surface area contributed by atoms with E-state index in [-0.39, 0.29) is 18.6 Å². The minimum Gasteiger partial charge on any atom is -0.396 e. The Balaban J connectivity index is 2.07. The Morgan fingerprint density at radius 1 is 1.14 bits per heavy atom. The molecule has 0 aromatic heterocycles. The van der Waals surface area contributed by atoms with Gasteiger partial charge in [-0.15, -0.1) is 0 Å². The van der Waals surface area contributed by atoms with E-state index in [1.165, 1.54) is 0 Å². The lowest BCUT2D eigenvalue weighted by Gasteiger charge is -2.18. The second kappa shape index (κ2) is 8.32. The van der Waals surface area contributed by atoms with Gasteiger partial charge in [0.2, 0.25) is 0 Å². The fourth-order valence-electron chi connectivity index (χ4n) is 2.30. The van der Waals surface area contributed by atoms with Gasteiger partial charge >= 0.3 is 0 Å². The first kappa shape index (κ1) is 16.2. The molecule has 0 saturated heterocycles. The lowest BCUT2D eigenvalue weighted by atomic mass is 10.0. The molecular weight excluding hydrogens is 278 g/mol. The van der Waals surface area contributed by atoms with E-state index >= 15 is 0 Å². The summed E-state index contributed by atoms with van der Waals surface area (Å²) in [5.41, 5.74) is 2.61. The minimum absolute atomic E-state index is 0.0205. The van der Waals surface area contributed by atoms with Crippen molar-refractivity contribution >= 4 is 5.91 Å². The van der Waals surface area contributed by atoms with Crippen LogP contribution in [0.3, 0.4) is 0 Å². The summed E-state index contributed by atoms with van der Waals surface area (Å²) in [5.74, 6) is -0.147. The van der Waals surface area contributed by atoms with Crippen LogP contribution in [0.4, 0.5) is 0 Å². The number of carbonyl (C=O) groups excluding carboxylic acids is 1. The largest absolute Gasteiger partial charge is 0.396 e. The summed E-state index contributed by atoms with van der Waals surface area (Å²) in [6, 6.07) is 16.8. The molecule has 2 N–H and O–H groups in total. The molecule has 0 spiro atoms. The summed E-state index contributed by atoms with van der Waals surface area (Å²) in [4.78, 5) is 12.3. The van der Waals surface area contributed by atoms with Crippen molar-refractivity contribution < 1.29 is 14.6 Å². The van der Waals surface area contributed by atoms with Gasteiger partial charge < -0.3 is 15.2 Å². The van der Waals surface area contributed by atoms with Gasteiger partial charge in [0, 0.05) is 19.3 Å². The molecule has 1 unspecified atom stereocenters. The number of ether oxygens (including phenoxy) is 1. The summed E-state index contributed by atoms with van der Waals surface area (Å²) in [6.45, 7) is 0.547. The smallest absolute Gasteiger partial charge is 0.251 e. The van der Waals surface area contributed by atoms with E-state index < -0.39 is 0 Å². The third-order valence-corrected chi connectivity index (χ3v) is 3.45. The van der Waals surface area contributed by atoms with Gasteiger partial charge in [-0.25, -0.2) is 0 Å². The van der Waals surface area contributed by atoms with E-state index in [4.69, 9.17) is 4.74 Å². The van der Waals surface area contributed by atoms with Crippen LogP contribution in [0.15, 0.2) is 54.6 Å². The molecule has 4 heteroatoms. The number of rotatable bonds is 7. The van der Waals surface area contributed by atoms with Gasteiger partial charge in [-0.05, 0) is 29.7 Å². The Morgan fingerprint density at radius 3 is 2.41 bits per heavy atom. The molecule has 0 aliphatic rings. The van der Waals surface area contributed by atoms with Crippen molar-refractivity contribution in [2.45, 2.75) is 19.1 Å². The zero-order valence-corrected chi connectivity index (χ0v) is 12.7. The number of aliphatic hydroxyl groups is 1. The summed E-state index contributed by atoms with van der Waals surface area (Å²) in [5, 5.41) is 12.2. The van der Waals surface area contributed by atoms with Crippen LogP contribution in [0.25, 0.3) is 0 Å². The van der Waals surface area contributed by atoms with Crippen molar-refractivity contribution in [2.75, 3.05) is 13.7 Å². The first-order valence-corrected chi connectivity index (χ1v) is 7.29. The number of carbonyl (C=O) groups is 1. The highest BCUT2D eigenvalue weighted by Gasteiger charge is 2.15. The molecule has 2 aromatic rings. The van der Waals surface area contributed by atoms with Crippen molar-refractivity contribution in [3.8, 4) is 0 Å².